The van der Waals surface area contributed by atoms with Gasteiger partial charge in [0.15, 0.2) is 0 Å². The van der Waals surface area contributed by atoms with Gasteiger partial charge in [0.05, 0.1) is 6.10 Å². The first-order valence-corrected chi connectivity index (χ1v) is 7.71. The van der Waals surface area contributed by atoms with Crippen LogP contribution in [0.2, 0.25) is 0 Å². The molecule has 1 fully saturated rings. The summed E-state index contributed by atoms with van der Waals surface area (Å²) in [6.45, 7) is 6.69. The highest BCUT2D eigenvalue weighted by Gasteiger charge is 2.17. The van der Waals surface area contributed by atoms with Crippen LogP contribution in [-0.4, -0.2) is 30.9 Å². The first kappa shape index (κ1) is 15.5. The molecule has 1 aromatic rings. The Hall–Kier alpha value is -0.900. The molecule has 1 aliphatic heterocycles. The van der Waals surface area contributed by atoms with E-state index in [-0.39, 0.29) is 0 Å². The lowest BCUT2D eigenvalue weighted by Gasteiger charge is -2.26. The summed E-state index contributed by atoms with van der Waals surface area (Å²) in [6, 6.07) is 8.53. The molecule has 0 saturated carbocycles. The number of aryl methyl sites for hydroxylation is 1. The lowest BCUT2D eigenvalue weighted by atomic mass is 9.93. The molecule has 20 heavy (non-hydrogen) atoms. The van der Waals surface area contributed by atoms with Crippen molar-refractivity contribution in [1.29, 1.82) is 0 Å². The Balaban J connectivity index is 1.73. The molecule has 112 valence electrons. The molecule has 0 aromatic heterocycles. The van der Waals surface area contributed by atoms with Crippen LogP contribution in [0.5, 0.6) is 0 Å². The van der Waals surface area contributed by atoms with E-state index in [4.69, 9.17) is 4.74 Å². The molecule has 0 radical (unpaired) electrons. The van der Waals surface area contributed by atoms with Gasteiger partial charge < -0.3 is 15.2 Å². The third-order valence-electron chi connectivity index (χ3n) is 4.11. The summed E-state index contributed by atoms with van der Waals surface area (Å²) in [6.07, 6.45) is 3.09. The van der Waals surface area contributed by atoms with Crippen LogP contribution in [0.1, 0.15) is 43.4 Å². The molecule has 3 nitrogen and oxygen atoms in total. The van der Waals surface area contributed by atoms with Crippen molar-refractivity contribution >= 4 is 0 Å². The number of aliphatic hydroxyl groups is 1. The Labute approximate surface area is 122 Å². The average molecular weight is 277 g/mol. The first-order valence-electron chi connectivity index (χ1n) is 7.71. The molecule has 1 aromatic carbocycles. The normalized spacial score (nSPS) is 19.8. The Morgan fingerprint density at radius 1 is 1.35 bits per heavy atom. The summed E-state index contributed by atoms with van der Waals surface area (Å²) in [5.41, 5.74) is 2.19. The predicted molar refractivity (Wildman–Crippen MR) is 81.8 cm³/mol. The van der Waals surface area contributed by atoms with E-state index in [9.17, 15) is 5.11 Å². The van der Waals surface area contributed by atoms with Gasteiger partial charge in [-0.15, -0.1) is 0 Å². The van der Waals surface area contributed by atoms with Gasteiger partial charge in [-0.05, 0) is 44.6 Å². The molecule has 0 spiro atoms. The van der Waals surface area contributed by atoms with Crippen molar-refractivity contribution in [3.63, 3.8) is 0 Å². The zero-order valence-electron chi connectivity index (χ0n) is 12.6. The largest absolute Gasteiger partial charge is 0.387 e. The first-order chi connectivity index (χ1) is 9.65. The molecule has 2 unspecified atom stereocenters. The SMILES string of the molecule is Cc1cccc(C(O)CNC(C)CC2CCOCC2)c1. The molecule has 1 aliphatic rings. The minimum atomic E-state index is -0.424. The number of aliphatic hydroxyl groups excluding tert-OH is 1. The van der Waals surface area contributed by atoms with E-state index >= 15 is 0 Å². The molecule has 0 bridgehead atoms. The van der Waals surface area contributed by atoms with Crippen molar-refractivity contribution in [2.24, 2.45) is 5.92 Å². The van der Waals surface area contributed by atoms with Gasteiger partial charge in [-0.3, -0.25) is 0 Å². The van der Waals surface area contributed by atoms with E-state index in [1.54, 1.807) is 0 Å². The lowest BCUT2D eigenvalue weighted by molar-refractivity contribution is 0.0604. The topological polar surface area (TPSA) is 41.5 Å². The summed E-state index contributed by atoms with van der Waals surface area (Å²) in [4.78, 5) is 0. The zero-order valence-corrected chi connectivity index (χ0v) is 12.6. The fraction of sp³-hybridized carbons (Fsp3) is 0.647. The second-order valence-corrected chi connectivity index (χ2v) is 6.03. The number of hydrogen-bond acceptors (Lipinski definition) is 3. The highest BCUT2D eigenvalue weighted by atomic mass is 16.5. The van der Waals surface area contributed by atoms with Crippen LogP contribution in [-0.2, 0) is 4.74 Å². The van der Waals surface area contributed by atoms with Gasteiger partial charge in [-0.25, -0.2) is 0 Å². The highest BCUT2D eigenvalue weighted by molar-refractivity contribution is 5.24. The van der Waals surface area contributed by atoms with E-state index in [0.29, 0.717) is 12.6 Å². The minimum absolute atomic E-state index is 0.424. The molecule has 2 N–H and O–H groups in total. The average Bonchev–Trinajstić information content (AvgIpc) is 2.46. The lowest BCUT2D eigenvalue weighted by Crippen LogP contribution is -2.33. The summed E-state index contributed by atoms with van der Waals surface area (Å²) in [5.74, 6) is 0.766. The Bertz CT molecular complexity index is 402. The van der Waals surface area contributed by atoms with Crippen LogP contribution < -0.4 is 5.32 Å². The summed E-state index contributed by atoms with van der Waals surface area (Å²) in [7, 11) is 0. The minimum Gasteiger partial charge on any atom is -0.387 e. The van der Waals surface area contributed by atoms with Crippen LogP contribution in [0, 0.1) is 12.8 Å². The van der Waals surface area contributed by atoms with Crippen LogP contribution in [0.25, 0.3) is 0 Å². The van der Waals surface area contributed by atoms with Crippen molar-refractivity contribution in [2.45, 2.75) is 45.3 Å². The van der Waals surface area contributed by atoms with Crippen LogP contribution >= 0.6 is 0 Å². The third-order valence-corrected chi connectivity index (χ3v) is 4.11. The van der Waals surface area contributed by atoms with Crippen molar-refractivity contribution in [3.05, 3.63) is 35.4 Å². The molecule has 1 saturated heterocycles. The van der Waals surface area contributed by atoms with E-state index in [1.165, 1.54) is 24.8 Å². The molecule has 0 amide bonds. The van der Waals surface area contributed by atoms with Crippen molar-refractivity contribution < 1.29 is 9.84 Å². The quantitative estimate of drug-likeness (QED) is 0.840. The predicted octanol–water partition coefficient (Wildman–Crippen LogP) is 2.82. The number of hydrogen-bond donors (Lipinski definition) is 2. The molecular formula is C17H27NO2. The maximum Gasteiger partial charge on any atom is 0.0914 e. The third kappa shape index (κ3) is 4.89. The van der Waals surface area contributed by atoms with Crippen molar-refractivity contribution in [1.82, 2.24) is 5.32 Å². The van der Waals surface area contributed by atoms with Crippen molar-refractivity contribution in [3.8, 4) is 0 Å². The van der Waals surface area contributed by atoms with Gasteiger partial charge in [-0.2, -0.15) is 0 Å². The fourth-order valence-electron chi connectivity index (χ4n) is 2.87. The van der Waals surface area contributed by atoms with Crippen LogP contribution in [0.4, 0.5) is 0 Å². The Morgan fingerprint density at radius 3 is 2.80 bits per heavy atom. The van der Waals surface area contributed by atoms with Gasteiger partial charge in [0, 0.05) is 25.8 Å². The van der Waals surface area contributed by atoms with E-state index in [0.717, 1.165) is 24.7 Å². The molecule has 0 aliphatic carbocycles. The fourth-order valence-corrected chi connectivity index (χ4v) is 2.87. The van der Waals surface area contributed by atoms with E-state index < -0.39 is 6.10 Å². The van der Waals surface area contributed by atoms with Crippen LogP contribution in [0.3, 0.4) is 0 Å². The summed E-state index contributed by atoms with van der Waals surface area (Å²) < 4.78 is 5.39. The second kappa shape index (κ2) is 7.77. The zero-order chi connectivity index (χ0) is 14.4. The highest BCUT2D eigenvalue weighted by Crippen LogP contribution is 2.20. The Morgan fingerprint density at radius 2 is 2.10 bits per heavy atom. The number of benzene rings is 1. The van der Waals surface area contributed by atoms with Gasteiger partial charge >= 0.3 is 0 Å². The van der Waals surface area contributed by atoms with E-state index in [2.05, 4.69) is 31.3 Å². The second-order valence-electron chi connectivity index (χ2n) is 6.03. The summed E-state index contributed by atoms with van der Waals surface area (Å²) >= 11 is 0. The molecular weight excluding hydrogens is 250 g/mol. The van der Waals surface area contributed by atoms with E-state index in [1.807, 2.05) is 12.1 Å². The molecule has 3 heteroatoms. The van der Waals surface area contributed by atoms with Crippen LogP contribution in [0.15, 0.2) is 24.3 Å². The molecule has 2 atom stereocenters. The van der Waals surface area contributed by atoms with Gasteiger partial charge in [0.1, 0.15) is 0 Å². The molecule has 1 heterocycles. The van der Waals surface area contributed by atoms with Gasteiger partial charge in [-0.1, -0.05) is 29.8 Å². The maximum atomic E-state index is 10.2. The molecule has 2 rings (SSSR count). The van der Waals surface area contributed by atoms with Gasteiger partial charge in [0.25, 0.3) is 0 Å². The number of nitrogens with one attached hydrogen (secondary N) is 1. The van der Waals surface area contributed by atoms with Crippen molar-refractivity contribution in [2.75, 3.05) is 19.8 Å². The summed E-state index contributed by atoms with van der Waals surface area (Å²) in [5, 5.41) is 13.7. The monoisotopic (exact) mass is 277 g/mol. The number of rotatable bonds is 6. The smallest absolute Gasteiger partial charge is 0.0914 e. The maximum absolute atomic E-state index is 10.2. The number of ether oxygens (including phenoxy) is 1. The standard InChI is InChI=1S/C17H27NO2/c1-13-4-3-5-16(10-13)17(19)12-18-14(2)11-15-6-8-20-9-7-15/h3-5,10,14-15,17-19H,6-9,11-12H2,1-2H3. The Kier molecular flexibility index (Phi) is 6.02. The van der Waals surface area contributed by atoms with Gasteiger partial charge in [0.2, 0.25) is 0 Å².